The number of nitrogens with zero attached hydrogens (tertiary/aromatic N) is 3. The third kappa shape index (κ3) is 5.40. The minimum absolute atomic E-state index is 0.0700. The van der Waals surface area contributed by atoms with Crippen LogP contribution in [0, 0.1) is 35.5 Å². The molecule has 10 nitrogen and oxygen atoms in total. The minimum atomic E-state index is -3.91. The first-order valence-electron chi connectivity index (χ1n) is 13.9. The number of benzene rings is 1. The molecule has 2 aliphatic heterocycles. The molecule has 4 aliphatic rings. The molecule has 0 bridgehead atoms. The van der Waals surface area contributed by atoms with Crippen LogP contribution in [0.25, 0.3) is 0 Å². The molecule has 41 heavy (non-hydrogen) atoms. The predicted octanol–water partition coefficient (Wildman–Crippen LogP) is 4.16. The number of hydrogen-bond acceptors (Lipinski definition) is 7. The van der Waals surface area contributed by atoms with E-state index in [1.54, 1.807) is 41.4 Å². The number of hydrogen-bond donors (Lipinski definition) is 3. The van der Waals surface area contributed by atoms with E-state index in [1.165, 1.54) is 10.5 Å². The van der Waals surface area contributed by atoms with Gasteiger partial charge in [0.05, 0.1) is 17.7 Å². The van der Waals surface area contributed by atoms with Gasteiger partial charge in [-0.15, -0.1) is 0 Å². The molecule has 0 radical (unpaired) electrons. The van der Waals surface area contributed by atoms with Crippen molar-refractivity contribution in [3.8, 4) is 0 Å². The van der Waals surface area contributed by atoms with Crippen LogP contribution in [-0.4, -0.2) is 89.5 Å². The van der Waals surface area contributed by atoms with Crippen LogP contribution in [0.2, 0.25) is 0 Å². The topological polar surface area (TPSA) is 139 Å². The second kappa shape index (κ2) is 9.86. The molecule has 1 aromatic rings. The van der Waals surface area contributed by atoms with Gasteiger partial charge in [0.25, 0.3) is 10.0 Å². The van der Waals surface area contributed by atoms with E-state index in [2.05, 4.69) is 29.1 Å². The molecule has 6 atom stereocenters. The summed E-state index contributed by atoms with van der Waals surface area (Å²) in [6.07, 6.45) is 12.0. The average Bonchev–Trinajstić information content (AvgIpc) is 3.32. The summed E-state index contributed by atoms with van der Waals surface area (Å²) in [5, 5.41) is 21.5. The smallest absolute Gasteiger partial charge is 0.407 e. The summed E-state index contributed by atoms with van der Waals surface area (Å²) in [4.78, 5) is 19.1. The van der Waals surface area contributed by atoms with E-state index < -0.39 is 37.4 Å². The Kier molecular flexibility index (Phi) is 7.12. The molecule has 2 unspecified atom stereocenters. The minimum Gasteiger partial charge on any atom is -0.444 e. The van der Waals surface area contributed by atoms with Gasteiger partial charge in [0, 0.05) is 24.6 Å². The lowest BCUT2D eigenvalue weighted by atomic mass is 9.97. The van der Waals surface area contributed by atoms with Crippen LogP contribution in [0.15, 0.2) is 46.4 Å². The molecule has 1 spiro atoms. The highest BCUT2D eigenvalue weighted by Gasteiger charge is 2.67. The average molecular weight is 603 g/mol. The number of ether oxygens (including phenoxy) is 1. The number of rotatable bonds is 5. The Labute approximate surface area is 245 Å². The third-order valence-electron chi connectivity index (χ3n) is 8.46. The molecule has 224 valence electrons. The largest absolute Gasteiger partial charge is 0.444 e. The Morgan fingerprint density at radius 1 is 1.15 bits per heavy atom. The number of sulfonamides is 1. The number of carbonyl (C=O) groups is 1. The lowest BCUT2D eigenvalue weighted by Gasteiger charge is -2.43. The highest BCUT2D eigenvalue weighted by molar-refractivity contribution is 8.32. The zero-order valence-corrected chi connectivity index (χ0v) is 26.5. The van der Waals surface area contributed by atoms with E-state index in [0.29, 0.717) is 18.1 Å². The number of carbonyl (C=O) groups excluding carboxylic acids is 1. The molecule has 2 aliphatic carbocycles. The number of nitrogens with one attached hydrogen (secondary N) is 3. The van der Waals surface area contributed by atoms with Gasteiger partial charge in [-0.3, -0.25) is 15.8 Å². The summed E-state index contributed by atoms with van der Waals surface area (Å²) >= 11 is 0. The first-order valence-corrected chi connectivity index (χ1v) is 18.3. The summed E-state index contributed by atoms with van der Waals surface area (Å²) in [7, 11) is -4.88. The van der Waals surface area contributed by atoms with Crippen molar-refractivity contribution in [3.05, 3.63) is 42.1 Å². The van der Waals surface area contributed by atoms with Crippen LogP contribution >= 0.6 is 10.0 Å². The first-order chi connectivity index (χ1) is 18.9. The fraction of sp³-hybridized carbons (Fsp3) is 0.586. The zero-order valence-electron chi connectivity index (χ0n) is 24.8. The van der Waals surface area contributed by atoms with Gasteiger partial charge in [-0.05, 0) is 82.1 Å². The van der Waals surface area contributed by atoms with Crippen molar-refractivity contribution in [3.63, 3.8) is 0 Å². The molecule has 1 aromatic carbocycles. The number of aliphatic imine (C=N–C) groups is 1. The Hall–Kier alpha value is -2.86. The van der Waals surface area contributed by atoms with E-state index in [0.717, 1.165) is 5.56 Å². The Morgan fingerprint density at radius 2 is 1.80 bits per heavy atom. The van der Waals surface area contributed by atoms with Crippen LogP contribution in [0.1, 0.15) is 39.2 Å². The summed E-state index contributed by atoms with van der Waals surface area (Å²) in [5.74, 6) is 0.651. The molecule has 0 saturated heterocycles. The van der Waals surface area contributed by atoms with Crippen molar-refractivity contribution in [2.75, 3.05) is 25.3 Å². The molecule has 5 rings (SSSR count). The standard InChI is InChI=1S/C29H42N6O4S2/c1-18-9-11-19(12-10-18)41(37,38)35-14-8-13-29(35)17-34(22(30)16-32-29)26(31)20-15-21(33-27(36)39-28(2,3)4)24-23(20)25(24)40(5,6)7/h8-12,14,16,20-21,23-25,30-31H,13,15,17H2,1-7H3,(H,33,36)/t20-,21+,23+,24-,25?,29?/m0/s1. The van der Waals surface area contributed by atoms with Gasteiger partial charge in [0.15, 0.2) is 5.66 Å². The first kappa shape index (κ1) is 29.6. The second-order valence-corrected chi connectivity index (χ2v) is 19.7. The number of alkyl carbamates (subject to hydrolysis) is 1. The predicted molar refractivity (Wildman–Crippen MR) is 165 cm³/mol. The molecule has 1 amide bonds. The molecular weight excluding hydrogens is 560 g/mol. The van der Waals surface area contributed by atoms with Crippen LogP contribution in [0.4, 0.5) is 4.79 Å². The van der Waals surface area contributed by atoms with Gasteiger partial charge in [-0.25, -0.2) is 27.5 Å². The van der Waals surface area contributed by atoms with Crippen LogP contribution in [-0.2, 0) is 14.8 Å². The van der Waals surface area contributed by atoms with Crippen LogP contribution in [0.5, 0.6) is 0 Å². The highest BCUT2D eigenvalue weighted by atomic mass is 32.3. The van der Waals surface area contributed by atoms with Crippen LogP contribution < -0.4 is 5.32 Å². The van der Waals surface area contributed by atoms with Gasteiger partial charge in [0.2, 0.25) is 0 Å². The van der Waals surface area contributed by atoms with Crippen molar-refractivity contribution in [2.24, 2.45) is 22.7 Å². The SMILES string of the molecule is Cc1ccc(S(=O)(=O)N2C=CCC23CN(C(=N)[C@H]2C[C@@H](NC(=O)OC(C)(C)C)[C@@H]4C(S(C)(C)C)[C@@H]42)C(=N)C=N3)cc1. The number of fused-ring (bicyclic) bond motifs is 1. The van der Waals surface area contributed by atoms with Crippen molar-refractivity contribution >= 4 is 44.0 Å². The lowest BCUT2D eigenvalue weighted by Crippen LogP contribution is -2.59. The van der Waals surface area contributed by atoms with Gasteiger partial charge in [-0.1, -0.05) is 23.8 Å². The molecule has 0 aromatic heterocycles. The normalized spacial score (nSPS) is 31.4. The molecular formula is C29H42N6O4S2. The van der Waals surface area contributed by atoms with E-state index in [9.17, 15) is 18.6 Å². The van der Waals surface area contributed by atoms with Gasteiger partial charge in [0.1, 0.15) is 17.3 Å². The molecule has 2 saturated carbocycles. The summed E-state index contributed by atoms with van der Waals surface area (Å²) < 4.78 is 34.3. The summed E-state index contributed by atoms with van der Waals surface area (Å²) in [6.45, 7) is 7.48. The number of amides is 1. The van der Waals surface area contributed by atoms with E-state index in [-0.39, 0.29) is 46.9 Å². The van der Waals surface area contributed by atoms with E-state index >= 15 is 0 Å². The van der Waals surface area contributed by atoms with E-state index in [1.807, 2.05) is 27.7 Å². The Morgan fingerprint density at radius 3 is 2.41 bits per heavy atom. The maximum Gasteiger partial charge on any atom is 0.407 e. The van der Waals surface area contributed by atoms with E-state index in [4.69, 9.17) is 10.1 Å². The fourth-order valence-corrected chi connectivity index (χ4v) is 10.9. The molecule has 2 heterocycles. The monoisotopic (exact) mass is 602 g/mol. The van der Waals surface area contributed by atoms with Crippen molar-refractivity contribution in [1.29, 1.82) is 10.8 Å². The van der Waals surface area contributed by atoms with Crippen molar-refractivity contribution in [1.82, 2.24) is 14.5 Å². The maximum absolute atomic E-state index is 13.7. The fourth-order valence-electron chi connectivity index (χ4n) is 6.74. The summed E-state index contributed by atoms with van der Waals surface area (Å²) in [5.41, 5.74) is -0.821. The van der Waals surface area contributed by atoms with Crippen molar-refractivity contribution in [2.45, 2.75) is 68.0 Å². The maximum atomic E-state index is 13.7. The molecule has 12 heteroatoms. The quantitative estimate of drug-likeness (QED) is 0.343. The Bertz CT molecular complexity index is 1430. The zero-order chi connectivity index (χ0) is 30.1. The number of amidine groups is 2. The third-order valence-corrected chi connectivity index (χ3v) is 12.6. The van der Waals surface area contributed by atoms with Gasteiger partial charge in [-0.2, -0.15) is 0 Å². The van der Waals surface area contributed by atoms with Crippen LogP contribution in [0.3, 0.4) is 0 Å². The van der Waals surface area contributed by atoms with Gasteiger partial charge >= 0.3 is 6.09 Å². The second-order valence-electron chi connectivity index (χ2n) is 13.4. The lowest BCUT2D eigenvalue weighted by molar-refractivity contribution is 0.0499. The number of aryl methyl sites for hydroxylation is 1. The summed E-state index contributed by atoms with van der Waals surface area (Å²) in [6, 6.07) is 6.60. The van der Waals surface area contributed by atoms with Gasteiger partial charge < -0.3 is 15.0 Å². The molecule has 3 N–H and O–H groups in total. The Balaban J connectivity index is 1.39. The highest BCUT2D eigenvalue weighted by Crippen LogP contribution is 2.69. The van der Waals surface area contributed by atoms with Crippen molar-refractivity contribution < 1.29 is 17.9 Å². The molecule has 2 fully saturated rings.